The lowest BCUT2D eigenvalue weighted by molar-refractivity contribution is 0.618. The van der Waals surface area contributed by atoms with Crippen LogP contribution in [0.1, 0.15) is 57.1 Å². The van der Waals surface area contributed by atoms with Crippen LogP contribution < -0.4 is 5.32 Å². The van der Waals surface area contributed by atoms with Crippen LogP contribution in [-0.4, -0.2) is 6.04 Å². The minimum atomic E-state index is 0.491. The second kappa shape index (κ2) is 4.95. The number of para-hydroxylation sites is 1. The first-order valence-corrected chi connectivity index (χ1v) is 6.71. The number of anilines is 1. The monoisotopic (exact) mass is 229 g/mol. The largest absolute Gasteiger partial charge is 0.381 e. The van der Waals surface area contributed by atoms with Gasteiger partial charge in [-0.25, -0.2) is 0 Å². The molecule has 0 saturated heterocycles. The molecule has 1 N–H and O–H groups in total. The molecule has 1 aromatic carbocycles. The zero-order valence-corrected chi connectivity index (χ0v) is 11.3. The van der Waals surface area contributed by atoms with Crippen LogP contribution in [-0.2, 0) is 0 Å². The van der Waals surface area contributed by atoms with E-state index < -0.39 is 0 Å². The molecule has 0 saturated carbocycles. The van der Waals surface area contributed by atoms with Gasteiger partial charge < -0.3 is 5.32 Å². The average molecular weight is 229 g/mol. The molecule has 1 aliphatic heterocycles. The molecule has 1 heterocycles. The predicted molar refractivity (Wildman–Crippen MR) is 75.8 cm³/mol. The van der Waals surface area contributed by atoms with Crippen molar-refractivity contribution in [3.63, 3.8) is 0 Å². The molecular weight excluding hydrogens is 206 g/mol. The maximum Gasteiger partial charge on any atom is 0.0417 e. The maximum atomic E-state index is 3.71. The van der Waals surface area contributed by atoms with Crippen molar-refractivity contribution >= 4 is 5.69 Å². The smallest absolute Gasteiger partial charge is 0.0417 e. The Morgan fingerprint density at radius 1 is 1.41 bits per heavy atom. The van der Waals surface area contributed by atoms with Crippen molar-refractivity contribution in [2.45, 2.75) is 52.0 Å². The molecule has 3 atom stereocenters. The number of nitrogens with one attached hydrogen (secondary N) is 1. The standard InChI is InChI=1S/C16H23N/c1-5-8-11(3)13-9-7-10-14-12(4)15(6-2)17-16(13)14/h5,7-12,15,17H,6H2,1-4H3. The fourth-order valence-electron chi connectivity index (χ4n) is 2.89. The summed E-state index contributed by atoms with van der Waals surface area (Å²) in [5, 5.41) is 3.71. The topological polar surface area (TPSA) is 12.0 Å². The van der Waals surface area contributed by atoms with Crippen LogP contribution in [0, 0.1) is 0 Å². The van der Waals surface area contributed by atoms with Crippen LogP contribution in [0.25, 0.3) is 0 Å². The summed E-state index contributed by atoms with van der Waals surface area (Å²) in [5.74, 6) is 1.12. The molecule has 0 fully saturated rings. The van der Waals surface area contributed by atoms with E-state index in [1.54, 1.807) is 0 Å². The van der Waals surface area contributed by atoms with Gasteiger partial charge in [-0.1, -0.05) is 51.1 Å². The summed E-state index contributed by atoms with van der Waals surface area (Å²) in [4.78, 5) is 0. The Morgan fingerprint density at radius 2 is 2.18 bits per heavy atom. The van der Waals surface area contributed by atoms with E-state index in [2.05, 4.69) is 63.4 Å². The Labute approximate surface area is 105 Å². The summed E-state index contributed by atoms with van der Waals surface area (Å²) in [7, 11) is 0. The molecule has 92 valence electrons. The van der Waals surface area contributed by atoms with Crippen molar-refractivity contribution in [3.05, 3.63) is 41.5 Å². The summed E-state index contributed by atoms with van der Waals surface area (Å²) in [6.45, 7) is 8.94. The van der Waals surface area contributed by atoms with Gasteiger partial charge in [0.05, 0.1) is 0 Å². The second-order valence-corrected chi connectivity index (χ2v) is 5.07. The zero-order valence-electron chi connectivity index (χ0n) is 11.3. The lowest BCUT2D eigenvalue weighted by atomic mass is 9.92. The third kappa shape index (κ3) is 2.11. The Balaban J connectivity index is 2.40. The highest BCUT2D eigenvalue weighted by molar-refractivity contribution is 5.65. The van der Waals surface area contributed by atoms with Crippen LogP contribution >= 0.6 is 0 Å². The van der Waals surface area contributed by atoms with Gasteiger partial charge in [0, 0.05) is 23.6 Å². The molecule has 0 aliphatic carbocycles. The first-order valence-electron chi connectivity index (χ1n) is 6.71. The van der Waals surface area contributed by atoms with Gasteiger partial charge in [0.1, 0.15) is 0 Å². The summed E-state index contributed by atoms with van der Waals surface area (Å²) in [5.41, 5.74) is 4.31. The molecule has 17 heavy (non-hydrogen) atoms. The van der Waals surface area contributed by atoms with Crippen molar-refractivity contribution in [2.75, 3.05) is 5.32 Å². The van der Waals surface area contributed by atoms with E-state index in [0.717, 1.165) is 0 Å². The van der Waals surface area contributed by atoms with Crippen LogP contribution in [0.5, 0.6) is 0 Å². The highest BCUT2D eigenvalue weighted by Crippen LogP contribution is 2.41. The Hall–Kier alpha value is -1.24. The lowest BCUT2D eigenvalue weighted by Gasteiger charge is -2.14. The minimum absolute atomic E-state index is 0.491. The zero-order chi connectivity index (χ0) is 12.4. The first kappa shape index (κ1) is 12.2. The number of hydrogen-bond acceptors (Lipinski definition) is 1. The second-order valence-electron chi connectivity index (χ2n) is 5.07. The number of benzene rings is 1. The lowest BCUT2D eigenvalue weighted by Crippen LogP contribution is -2.17. The van der Waals surface area contributed by atoms with Gasteiger partial charge in [-0.2, -0.15) is 0 Å². The normalized spacial score (nSPS) is 24.7. The molecule has 2 rings (SSSR count). The highest BCUT2D eigenvalue weighted by atomic mass is 15.0. The van der Waals surface area contributed by atoms with Gasteiger partial charge in [0.2, 0.25) is 0 Å². The summed E-state index contributed by atoms with van der Waals surface area (Å²) in [6, 6.07) is 7.32. The van der Waals surface area contributed by atoms with Gasteiger partial charge >= 0.3 is 0 Å². The number of rotatable bonds is 3. The van der Waals surface area contributed by atoms with E-state index >= 15 is 0 Å². The average Bonchev–Trinajstić information content (AvgIpc) is 2.66. The van der Waals surface area contributed by atoms with Crippen LogP contribution in [0.3, 0.4) is 0 Å². The molecule has 0 bridgehead atoms. The summed E-state index contributed by atoms with van der Waals surface area (Å²) in [6.07, 6.45) is 5.59. The predicted octanol–water partition coefficient (Wildman–Crippen LogP) is 4.67. The fraction of sp³-hybridized carbons (Fsp3) is 0.500. The third-order valence-corrected chi connectivity index (χ3v) is 3.96. The van der Waals surface area contributed by atoms with Gasteiger partial charge in [-0.15, -0.1) is 0 Å². The van der Waals surface area contributed by atoms with Crippen molar-refractivity contribution in [2.24, 2.45) is 0 Å². The molecule has 1 aliphatic rings. The van der Waals surface area contributed by atoms with Crippen molar-refractivity contribution in [1.29, 1.82) is 0 Å². The molecule has 1 aromatic rings. The first-order chi connectivity index (χ1) is 8.19. The number of allylic oxidation sites excluding steroid dienone is 2. The van der Waals surface area contributed by atoms with Crippen molar-refractivity contribution in [1.82, 2.24) is 0 Å². The fourth-order valence-corrected chi connectivity index (χ4v) is 2.89. The van der Waals surface area contributed by atoms with E-state index in [-0.39, 0.29) is 0 Å². The molecule has 0 spiro atoms. The molecule has 1 heteroatoms. The Bertz CT molecular complexity index is 420. The van der Waals surface area contributed by atoms with E-state index in [1.807, 2.05) is 0 Å². The molecule has 3 unspecified atom stereocenters. The quantitative estimate of drug-likeness (QED) is 0.742. The molecule has 1 nitrogen and oxygen atoms in total. The summed E-state index contributed by atoms with van der Waals surface area (Å²) >= 11 is 0. The molecule has 0 radical (unpaired) electrons. The maximum absolute atomic E-state index is 3.71. The van der Waals surface area contributed by atoms with E-state index in [4.69, 9.17) is 0 Å². The third-order valence-electron chi connectivity index (χ3n) is 3.96. The Kier molecular flexibility index (Phi) is 3.56. The molecular formula is C16H23N. The van der Waals surface area contributed by atoms with Gasteiger partial charge in [-0.3, -0.25) is 0 Å². The Morgan fingerprint density at radius 3 is 2.82 bits per heavy atom. The number of fused-ring (bicyclic) bond motifs is 1. The van der Waals surface area contributed by atoms with E-state index in [0.29, 0.717) is 17.9 Å². The summed E-state index contributed by atoms with van der Waals surface area (Å²) < 4.78 is 0. The minimum Gasteiger partial charge on any atom is -0.381 e. The highest BCUT2D eigenvalue weighted by Gasteiger charge is 2.29. The van der Waals surface area contributed by atoms with E-state index in [1.165, 1.54) is 23.2 Å². The molecule has 0 aromatic heterocycles. The number of hydrogen-bond donors (Lipinski definition) is 1. The van der Waals surface area contributed by atoms with Crippen molar-refractivity contribution < 1.29 is 0 Å². The SMILES string of the molecule is CC=CC(C)c1cccc2c1NC(CC)C2C. The van der Waals surface area contributed by atoms with Gasteiger partial charge in [0.25, 0.3) is 0 Å². The molecule has 0 amide bonds. The van der Waals surface area contributed by atoms with Crippen LogP contribution in [0.15, 0.2) is 30.4 Å². The van der Waals surface area contributed by atoms with Crippen LogP contribution in [0.2, 0.25) is 0 Å². The van der Waals surface area contributed by atoms with E-state index in [9.17, 15) is 0 Å². The van der Waals surface area contributed by atoms with Crippen molar-refractivity contribution in [3.8, 4) is 0 Å². The van der Waals surface area contributed by atoms with Gasteiger partial charge in [-0.05, 0) is 24.5 Å². The van der Waals surface area contributed by atoms with Gasteiger partial charge in [0.15, 0.2) is 0 Å². The van der Waals surface area contributed by atoms with Crippen LogP contribution in [0.4, 0.5) is 5.69 Å².